The minimum atomic E-state index is -3.75. The lowest BCUT2D eigenvalue weighted by molar-refractivity contribution is -0.115. The summed E-state index contributed by atoms with van der Waals surface area (Å²) in [5.41, 5.74) is 1.67. The maximum Gasteiger partial charge on any atom is 0.263 e. The van der Waals surface area contributed by atoms with Crippen LogP contribution in [0.3, 0.4) is 0 Å². The molecule has 0 fully saturated rings. The zero-order chi connectivity index (χ0) is 21.8. The van der Waals surface area contributed by atoms with E-state index in [-0.39, 0.29) is 28.2 Å². The minimum absolute atomic E-state index is 0.0392. The predicted molar refractivity (Wildman–Crippen MR) is 119 cm³/mol. The fraction of sp³-hybridized carbons (Fsp3) is 0.0500. The van der Waals surface area contributed by atoms with Gasteiger partial charge in [-0.15, -0.1) is 22.7 Å². The third-order valence-electron chi connectivity index (χ3n) is 4.07. The quantitative estimate of drug-likeness (QED) is 0.414. The fourth-order valence-electron chi connectivity index (χ4n) is 2.68. The lowest BCUT2D eigenvalue weighted by Crippen LogP contribution is -2.15. The molecular weight excluding hydrogens is 459 g/mol. The maximum absolute atomic E-state index is 13.4. The Morgan fingerprint density at radius 3 is 2.61 bits per heavy atom. The van der Waals surface area contributed by atoms with Crippen LogP contribution in [0.5, 0.6) is 0 Å². The van der Waals surface area contributed by atoms with Crippen molar-refractivity contribution in [2.75, 3.05) is 10.0 Å². The van der Waals surface area contributed by atoms with Crippen molar-refractivity contribution in [3.05, 3.63) is 77.0 Å². The number of carbonyl (C=O) groups is 1. The van der Waals surface area contributed by atoms with Gasteiger partial charge in [0, 0.05) is 28.2 Å². The Kier molecular flexibility index (Phi) is 6.07. The van der Waals surface area contributed by atoms with Gasteiger partial charge in [-0.3, -0.25) is 9.52 Å². The Bertz CT molecular complexity index is 1300. The number of amides is 1. The lowest BCUT2D eigenvalue weighted by atomic mass is 10.2. The van der Waals surface area contributed by atoms with Crippen LogP contribution < -0.4 is 10.0 Å². The van der Waals surface area contributed by atoms with Gasteiger partial charge in [-0.25, -0.2) is 22.8 Å². The topological polar surface area (TPSA) is 101 Å². The Morgan fingerprint density at radius 1 is 1.10 bits per heavy atom. The fourth-order valence-corrected chi connectivity index (χ4v) is 5.28. The molecule has 2 heterocycles. The molecule has 7 nitrogen and oxygen atoms in total. The summed E-state index contributed by atoms with van der Waals surface area (Å²) in [5, 5.41) is 7.03. The van der Waals surface area contributed by atoms with E-state index in [1.165, 1.54) is 65.3 Å². The third-order valence-corrected chi connectivity index (χ3v) is 7.18. The molecule has 0 bridgehead atoms. The summed E-state index contributed by atoms with van der Waals surface area (Å²) in [5.74, 6) is -0.646. The molecule has 4 rings (SSSR count). The SMILES string of the molecule is O=C(Cc1csc(-c2cccc(F)c2)n1)Nc1ccc(S(=O)(=O)Nc2nccs2)cc1. The van der Waals surface area contributed by atoms with Crippen LogP contribution in [0.1, 0.15) is 5.69 Å². The van der Waals surface area contributed by atoms with Gasteiger partial charge in [-0.1, -0.05) is 12.1 Å². The van der Waals surface area contributed by atoms with Crippen LogP contribution in [0.15, 0.2) is 70.4 Å². The van der Waals surface area contributed by atoms with Crippen LogP contribution in [-0.2, 0) is 21.2 Å². The number of halogens is 1. The first-order chi connectivity index (χ1) is 14.9. The van der Waals surface area contributed by atoms with E-state index >= 15 is 0 Å². The number of thiazole rings is 2. The third kappa shape index (κ3) is 5.32. The smallest absolute Gasteiger partial charge is 0.263 e. The van der Waals surface area contributed by atoms with E-state index in [1.807, 2.05) is 0 Å². The van der Waals surface area contributed by atoms with Crippen molar-refractivity contribution >= 4 is 49.4 Å². The number of nitrogens with zero attached hydrogens (tertiary/aromatic N) is 2. The summed E-state index contributed by atoms with van der Waals surface area (Å²) in [6, 6.07) is 11.9. The number of anilines is 2. The van der Waals surface area contributed by atoms with Gasteiger partial charge in [0.15, 0.2) is 5.13 Å². The van der Waals surface area contributed by atoms with Crippen LogP contribution in [0.25, 0.3) is 10.6 Å². The molecule has 11 heteroatoms. The second-order valence-corrected chi connectivity index (χ2v) is 9.78. The number of benzene rings is 2. The molecule has 0 aliphatic heterocycles. The van der Waals surface area contributed by atoms with E-state index in [0.717, 1.165) is 0 Å². The molecule has 0 aliphatic carbocycles. The van der Waals surface area contributed by atoms with Gasteiger partial charge in [-0.2, -0.15) is 0 Å². The summed E-state index contributed by atoms with van der Waals surface area (Å²) in [4.78, 5) is 20.7. The molecular formula is C20H15FN4O3S3. The van der Waals surface area contributed by atoms with E-state index in [4.69, 9.17) is 0 Å². The zero-order valence-electron chi connectivity index (χ0n) is 15.8. The summed E-state index contributed by atoms with van der Waals surface area (Å²) in [6.45, 7) is 0. The summed E-state index contributed by atoms with van der Waals surface area (Å²) in [7, 11) is -3.75. The highest BCUT2D eigenvalue weighted by Crippen LogP contribution is 2.25. The van der Waals surface area contributed by atoms with Gasteiger partial charge in [-0.05, 0) is 36.4 Å². The molecule has 0 aliphatic rings. The number of aromatic nitrogens is 2. The van der Waals surface area contributed by atoms with Gasteiger partial charge in [0.2, 0.25) is 5.91 Å². The van der Waals surface area contributed by atoms with Crippen molar-refractivity contribution < 1.29 is 17.6 Å². The second-order valence-electron chi connectivity index (χ2n) is 6.35. The number of sulfonamides is 1. The molecule has 0 spiro atoms. The van der Waals surface area contributed by atoms with Gasteiger partial charge < -0.3 is 5.32 Å². The van der Waals surface area contributed by atoms with Crippen LogP contribution in [-0.4, -0.2) is 24.3 Å². The van der Waals surface area contributed by atoms with E-state index in [0.29, 0.717) is 22.0 Å². The minimum Gasteiger partial charge on any atom is -0.326 e. The largest absolute Gasteiger partial charge is 0.326 e. The standard InChI is InChI=1S/C20H15FN4O3S3/c21-14-3-1-2-13(10-14)19-24-16(12-30-19)11-18(26)23-15-4-6-17(7-5-15)31(27,28)25-20-22-8-9-29-20/h1-10,12H,11H2,(H,22,25)(H,23,26). The van der Waals surface area contributed by atoms with E-state index in [9.17, 15) is 17.6 Å². The highest BCUT2D eigenvalue weighted by atomic mass is 32.2. The van der Waals surface area contributed by atoms with Crippen LogP contribution in [0.4, 0.5) is 15.2 Å². The van der Waals surface area contributed by atoms with Crippen molar-refractivity contribution in [3.8, 4) is 10.6 Å². The Labute approximate surface area is 185 Å². The van der Waals surface area contributed by atoms with Crippen molar-refractivity contribution in [2.24, 2.45) is 0 Å². The molecule has 31 heavy (non-hydrogen) atoms. The Balaban J connectivity index is 1.38. The van der Waals surface area contributed by atoms with Crippen molar-refractivity contribution in [2.45, 2.75) is 11.3 Å². The summed E-state index contributed by atoms with van der Waals surface area (Å²) < 4.78 is 40.5. The van der Waals surface area contributed by atoms with Gasteiger partial charge in [0.25, 0.3) is 10.0 Å². The predicted octanol–water partition coefficient (Wildman–Crippen LogP) is 4.39. The molecule has 0 atom stereocenters. The summed E-state index contributed by atoms with van der Waals surface area (Å²) in [6.07, 6.45) is 1.54. The molecule has 1 amide bonds. The first-order valence-corrected chi connectivity index (χ1v) is 12.2. The van der Waals surface area contributed by atoms with E-state index in [2.05, 4.69) is 20.0 Å². The molecule has 2 aromatic heterocycles. The maximum atomic E-state index is 13.4. The van der Waals surface area contributed by atoms with Crippen molar-refractivity contribution in [3.63, 3.8) is 0 Å². The van der Waals surface area contributed by atoms with Crippen molar-refractivity contribution in [1.29, 1.82) is 0 Å². The average molecular weight is 475 g/mol. The van der Waals surface area contributed by atoms with Crippen LogP contribution >= 0.6 is 22.7 Å². The normalized spacial score (nSPS) is 11.3. The Morgan fingerprint density at radius 2 is 1.90 bits per heavy atom. The number of rotatable bonds is 7. The Hall–Kier alpha value is -3.15. The molecule has 0 saturated heterocycles. The number of hydrogen-bond donors (Lipinski definition) is 2. The van der Waals surface area contributed by atoms with Gasteiger partial charge in [0.1, 0.15) is 10.8 Å². The highest BCUT2D eigenvalue weighted by Gasteiger charge is 2.16. The molecule has 4 aromatic rings. The molecule has 0 unspecified atom stereocenters. The molecule has 0 radical (unpaired) electrons. The molecule has 2 N–H and O–H groups in total. The molecule has 2 aromatic carbocycles. The summed E-state index contributed by atoms with van der Waals surface area (Å²) >= 11 is 2.51. The van der Waals surface area contributed by atoms with Crippen LogP contribution in [0, 0.1) is 5.82 Å². The van der Waals surface area contributed by atoms with Gasteiger partial charge in [0.05, 0.1) is 17.0 Å². The monoisotopic (exact) mass is 474 g/mol. The van der Waals surface area contributed by atoms with Gasteiger partial charge >= 0.3 is 0 Å². The molecule has 158 valence electrons. The van der Waals surface area contributed by atoms with Crippen LogP contribution in [0.2, 0.25) is 0 Å². The lowest BCUT2D eigenvalue weighted by Gasteiger charge is -2.07. The zero-order valence-corrected chi connectivity index (χ0v) is 18.2. The first kappa shape index (κ1) is 21.1. The first-order valence-electron chi connectivity index (χ1n) is 8.92. The van der Waals surface area contributed by atoms with E-state index < -0.39 is 10.0 Å². The average Bonchev–Trinajstić information content (AvgIpc) is 3.40. The second kappa shape index (κ2) is 8.92. The highest BCUT2D eigenvalue weighted by molar-refractivity contribution is 7.93. The van der Waals surface area contributed by atoms with E-state index in [1.54, 1.807) is 22.9 Å². The number of nitrogens with one attached hydrogen (secondary N) is 2. The molecule has 0 saturated carbocycles. The van der Waals surface area contributed by atoms with Crippen molar-refractivity contribution in [1.82, 2.24) is 9.97 Å². The number of hydrogen-bond acceptors (Lipinski definition) is 7. The number of carbonyl (C=O) groups excluding carboxylic acids is 1.